The van der Waals surface area contributed by atoms with Crippen LogP contribution in [-0.4, -0.2) is 7.05 Å². The van der Waals surface area contributed by atoms with Gasteiger partial charge in [0, 0.05) is 5.56 Å². The second kappa shape index (κ2) is 6.62. The van der Waals surface area contributed by atoms with Gasteiger partial charge in [-0.1, -0.05) is 26.0 Å². The summed E-state index contributed by atoms with van der Waals surface area (Å²) in [7, 11) is 1.91. The molecule has 2 aromatic rings. The quantitative estimate of drug-likeness (QED) is 0.863. The van der Waals surface area contributed by atoms with Crippen molar-refractivity contribution in [2.45, 2.75) is 39.8 Å². The number of aryl methyl sites for hydroxylation is 1. The van der Waals surface area contributed by atoms with Crippen molar-refractivity contribution in [3.63, 3.8) is 0 Å². The molecule has 108 valence electrons. The number of hydrogen-bond acceptors (Lipinski definition) is 3. The molecule has 3 nitrogen and oxygen atoms in total. The number of hydrogen-bond donors (Lipinski definition) is 1. The second-order valence-electron chi connectivity index (χ2n) is 5.38. The van der Waals surface area contributed by atoms with E-state index >= 15 is 0 Å². The Morgan fingerprint density at radius 3 is 2.75 bits per heavy atom. The van der Waals surface area contributed by atoms with Crippen molar-refractivity contribution in [3.05, 3.63) is 53.0 Å². The van der Waals surface area contributed by atoms with E-state index in [0.29, 0.717) is 12.5 Å². The number of furan rings is 1. The van der Waals surface area contributed by atoms with Gasteiger partial charge in [-0.3, -0.25) is 0 Å². The van der Waals surface area contributed by atoms with Gasteiger partial charge in [0.25, 0.3) is 0 Å². The Labute approximate surface area is 121 Å². The third kappa shape index (κ3) is 3.42. The van der Waals surface area contributed by atoms with E-state index in [0.717, 1.165) is 23.6 Å². The molecule has 20 heavy (non-hydrogen) atoms. The van der Waals surface area contributed by atoms with E-state index in [9.17, 15) is 0 Å². The van der Waals surface area contributed by atoms with Crippen molar-refractivity contribution in [2.75, 3.05) is 7.05 Å². The first kappa shape index (κ1) is 14.7. The van der Waals surface area contributed by atoms with Crippen LogP contribution in [0.4, 0.5) is 0 Å². The van der Waals surface area contributed by atoms with Gasteiger partial charge in [0.2, 0.25) is 0 Å². The zero-order chi connectivity index (χ0) is 14.5. The van der Waals surface area contributed by atoms with Crippen LogP contribution in [0.1, 0.15) is 42.2 Å². The molecule has 0 aliphatic heterocycles. The number of ether oxygens (including phenoxy) is 1. The summed E-state index contributed by atoms with van der Waals surface area (Å²) in [4.78, 5) is 0. The van der Waals surface area contributed by atoms with E-state index in [2.05, 4.69) is 44.3 Å². The van der Waals surface area contributed by atoms with Crippen molar-refractivity contribution in [3.8, 4) is 5.75 Å². The molecule has 0 spiro atoms. The molecule has 0 unspecified atom stereocenters. The number of rotatable bonds is 6. The summed E-state index contributed by atoms with van der Waals surface area (Å²) < 4.78 is 11.5. The lowest BCUT2D eigenvalue weighted by atomic mass is 10.0. The van der Waals surface area contributed by atoms with E-state index in [1.54, 1.807) is 6.26 Å². The first-order chi connectivity index (χ1) is 9.61. The zero-order valence-corrected chi connectivity index (χ0v) is 12.7. The highest BCUT2D eigenvalue weighted by molar-refractivity contribution is 5.39. The minimum absolute atomic E-state index is 0.451. The van der Waals surface area contributed by atoms with E-state index in [1.165, 1.54) is 11.1 Å². The van der Waals surface area contributed by atoms with E-state index in [-0.39, 0.29) is 0 Å². The maximum Gasteiger partial charge on any atom is 0.124 e. The summed E-state index contributed by atoms with van der Waals surface area (Å²) in [6, 6.07) is 8.36. The second-order valence-corrected chi connectivity index (χ2v) is 5.38. The molecule has 0 saturated heterocycles. The maximum absolute atomic E-state index is 6.02. The fraction of sp³-hybridized carbons (Fsp3) is 0.412. The summed E-state index contributed by atoms with van der Waals surface area (Å²) >= 11 is 0. The van der Waals surface area contributed by atoms with Gasteiger partial charge < -0.3 is 14.5 Å². The fourth-order valence-corrected chi connectivity index (χ4v) is 2.21. The predicted octanol–water partition coefficient (Wildman–Crippen LogP) is 4.01. The lowest BCUT2D eigenvalue weighted by Gasteiger charge is -2.15. The molecule has 0 amide bonds. The van der Waals surface area contributed by atoms with Gasteiger partial charge in [-0.15, -0.1) is 0 Å². The van der Waals surface area contributed by atoms with Crippen LogP contribution in [0.25, 0.3) is 0 Å². The molecular weight excluding hydrogens is 250 g/mol. The average molecular weight is 273 g/mol. The Hall–Kier alpha value is -1.74. The van der Waals surface area contributed by atoms with Crippen molar-refractivity contribution in [2.24, 2.45) is 0 Å². The molecule has 0 fully saturated rings. The van der Waals surface area contributed by atoms with Gasteiger partial charge in [0.05, 0.1) is 12.8 Å². The highest BCUT2D eigenvalue weighted by atomic mass is 16.5. The Kier molecular flexibility index (Phi) is 4.85. The van der Waals surface area contributed by atoms with E-state index in [1.807, 2.05) is 13.1 Å². The van der Waals surface area contributed by atoms with Gasteiger partial charge >= 0.3 is 0 Å². The molecule has 0 bridgehead atoms. The molecule has 0 aliphatic rings. The lowest BCUT2D eigenvalue weighted by Crippen LogP contribution is -2.08. The van der Waals surface area contributed by atoms with Crippen LogP contribution in [0, 0.1) is 6.92 Å². The fourth-order valence-electron chi connectivity index (χ4n) is 2.21. The molecule has 1 aromatic heterocycles. The third-order valence-electron chi connectivity index (χ3n) is 3.35. The smallest absolute Gasteiger partial charge is 0.124 e. The summed E-state index contributed by atoms with van der Waals surface area (Å²) in [5.74, 6) is 2.36. The van der Waals surface area contributed by atoms with Crippen LogP contribution in [0.5, 0.6) is 5.75 Å². The molecule has 1 N–H and O–H groups in total. The lowest BCUT2D eigenvalue weighted by molar-refractivity contribution is 0.297. The van der Waals surface area contributed by atoms with Gasteiger partial charge in [-0.05, 0) is 43.1 Å². The van der Waals surface area contributed by atoms with Crippen LogP contribution in [-0.2, 0) is 13.2 Å². The summed E-state index contributed by atoms with van der Waals surface area (Å²) in [5.41, 5.74) is 3.55. The SMILES string of the molecule is CNCc1occc1COc1cc(C)ccc1C(C)C. The standard InChI is InChI=1S/C17H23NO2/c1-12(2)15-6-5-13(3)9-16(15)20-11-14-7-8-19-17(14)10-18-4/h5-9,12,18H,10-11H2,1-4H3. The Balaban J connectivity index is 2.14. The molecule has 3 heteroatoms. The largest absolute Gasteiger partial charge is 0.488 e. The van der Waals surface area contributed by atoms with E-state index in [4.69, 9.17) is 9.15 Å². The van der Waals surface area contributed by atoms with E-state index < -0.39 is 0 Å². The van der Waals surface area contributed by atoms with Crippen molar-refractivity contribution in [1.29, 1.82) is 0 Å². The van der Waals surface area contributed by atoms with Crippen LogP contribution < -0.4 is 10.1 Å². The van der Waals surface area contributed by atoms with Crippen molar-refractivity contribution in [1.82, 2.24) is 5.32 Å². The third-order valence-corrected chi connectivity index (χ3v) is 3.35. The molecule has 2 rings (SSSR count). The molecule has 1 heterocycles. The molecule has 1 aromatic carbocycles. The topological polar surface area (TPSA) is 34.4 Å². The highest BCUT2D eigenvalue weighted by Crippen LogP contribution is 2.28. The molecular formula is C17H23NO2. The normalized spacial score (nSPS) is 11.1. The zero-order valence-electron chi connectivity index (χ0n) is 12.7. The predicted molar refractivity (Wildman–Crippen MR) is 81.1 cm³/mol. The van der Waals surface area contributed by atoms with Crippen LogP contribution >= 0.6 is 0 Å². The minimum atomic E-state index is 0.451. The van der Waals surface area contributed by atoms with Crippen LogP contribution in [0.3, 0.4) is 0 Å². The summed E-state index contributed by atoms with van der Waals surface area (Å²) in [6.07, 6.45) is 1.71. The van der Waals surface area contributed by atoms with Gasteiger partial charge in [-0.2, -0.15) is 0 Å². The molecule has 0 saturated carbocycles. The molecule has 0 radical (unpaired) electrons. The van der Waals surface area contributed by atoms with Crippen LogP contribution in [0.2, 0.25) is 0 Å². The van der Waals surface area contributed by atoms with Crippen molar-refractivity contribution < 1.29 is 9.15 Å². The first-order valence-corrected chi connectivity index (χ1v) is 7.05. The highest BCUT2D eigenvalue weighted by Gasteiger charge is 2.10. The van der Waals surface area contributed by atoms with Crippen molar-refractivity contribution >= 4 is 0 Å². The maximum atomic E-state index is 6.02. The summed E-state index contributed by atoms with van der Waals surface area (Å²) in [6.45, 7) is 7.71. The molecule has 0 aliphatic carbocycles. The minimum Gasteiger partial charge on any atom is -0.488 e. The van der Waals surface area contributed by atoms with Gasteiger partial charge in [-0.25, -0.2) is 0 Å². The Bertz CT molecular complexity index is 558. The average Bonchev–Trinajstić information content (AvgIpc) is 2.84. The summed E-state index contributed by atoms with van der Waals surface area (Å²) in [5, 5.41) is 3.10. The number of benzene rings is 1. The van der Waals surface area contributed by atoms with Gasteiger partial charge in [0.1, 0.15) is 18.1 Å². The van der Waals surface area contributed by atoms with Crippen LogP contribution in [0.15, 0.2) is 34.9 Å². The van der Waals surface area contributed by atoms with Gasteiger partial charge in [0.15, 0.2) is 0 Å². The first-order valence-electron chi connectivity index (χ1n) is 7.05. The Morgan fingerprint density at radius 2 is 2.05 bits per heavy atom. The monoisotopic (exact) mass is 273 g/mol. The molecule has 0 atom stereocenters. The Morgan fingerprint density at radius 1 is 1.25 bits per heavy atom. The number of nitrogens with one attached hydrogen (secondary N) is 1.